The topological polar surface area (TPSA) is 101 Å². The molecule has 8 nitrogen and oxygen atoms in total. The SMILES string of the molecule is CCCCCC(C)NNOC(=O)C(=O)ONNC(C)CCCCC. The van der Waals surface area contributed by atoms with Crippen LogP contribution < -0.4 is 22.0 Å². The van der Waals surface area contributed by atoms with Gasteiger partial charge in [-0.15, -0.1) is 0 Å². The molecule has 2 atom stereocenters. The van der Waals surface area contributed by atoms with Crippen LogP contribution in [0.25, 0.3) is 0 Å². The van der Waals surface area contributed by atoms with Crippen molar-refractivity contribution in [1.29, 1.82) is 0 Å². The van der Waals surface area contributed by atoms with E-state index in [9.17, 15) is 9.59 Å². The highest BCUT2D eigenvalue weighted by Gasteiger charge is 2.18. The molecule has 0 aromatic heterocycles. The van der Waals surface area contributed by atoms with Crippen LogP contribution in [0, 0.1) is 0 Å². The van der Waals surface area contributed by atoms with Gasteiger partial charge in [-0.3, -0.25) is 0 Å². The summed E-state index contributed by atoms with van der Waals surface area (Å²) in [4.78, 5) is 32.0. The summed E-state index contributed by atoms with van der Waals surface area (Å²) in [5, 5.41) is 0. The standard InChI is InChI=1S/C16H34N4O4/c1-5-7-9-11-13(3)17-19-23-15(21)16(22)24-20-18-14(4)12-10-8-6-2/h13-14,17-20H,5-12H2,1-4H3. The molecule has 0 heterocycles. The van der Waals surface area contributed by atoms with Gasteiger partial charge in [0.1, 0.15) is 0 Å². The molecule has 0 fully saturated rings. The second kappa shape index (κ2) is 15.3. The number of hydrazine groups is 2. The molecular weight excluding hydrogens is 312 g/mol. The Morgan fingerprint density at radius 2 is 1.12 bits per heavy atom. The molecule has 0 aromatic rings. The zero-order chi connectivity index (χ0) is 18.2. The molecule has 0 amide bonds. The highest BCUT2D eigenvalue weighted by molar-refractivity contribution is 6.29. The highest BCUT2D eigenvalue weighted by Crippen LogP contribution is 2.02. The van der Waals surface area contributed by atoms with Crippen LogP contribution in [0.1, 0.15) is 79.1 Å². The quantitative estimate of drug-likeness (QED) is 0.215. The number of unbranched alkanes of at least 4 members (excludes halogenated alkanes) is 4. The Bertz CT molecular complexity index is 310. The number of rotatable bonds is 14. The molecule has 0 aliphatic rings. The largest absolute Gasteiger partial charge is 0.439 e. The first-order chi connectivity index (χ1) is 11.5. The molecule has 142 valence electrons. The lowest BCUT2D eigenvalue weighted by atomic mass is 10.1. The lowest BCUT2D eigenvalue weighted by molar-refractivity contribution is -0.180. The van der Waals surface area contributed by atoms with Gasteiger partial charge in [0.25, 0.3) is 0 Å². The third-order valence-corrected chi connectivity index (χ3v) is 3.55. The fraction of sp³-hybridized carbons (Fsp3) is 0.875. The van der Waals surface area contributed by atoms with E-state index in [0.29, 0.717) is 0 Å². The normalized spacial score (nSPS) is 13.3. The van der Waals surface area contributed by atoms with Gasteiger partial charge in [0.2, 0.25) is 0 Å². The van der Waals surface area contributed by atoms with Crippen molar-refractivity contribution in [2.45, 2.75) is 91.1 Å². The number of hydrogen-bond acceptors (Lipinski definition) is 8. The fourth-order valence-corrected chi connectivity index (χ4v) is 1.98. The maximum Gasteiger partial charge on any atom is 0.439 e. The van der Waals surface area contributed by atoms with E-state index in [1.165, 1.54) is 0 Å². The highest BCUT2D eigenvalue weighted by atomic mass is 16.8. The fourth-order valence-electron chi connectivity index (χ4n) is 1.98. The van der Waals surface area contributed by atoms with Crippen LogP contribution in [0.5, 0.6) is 0 Å². The van der Waals surface area contributed by atoms with E-state index in [0.717, 1.165) is 51.4 Å². The maximum atomic E-state index is 11.4. The first kappa shape index (κ1) is 22.8. The average Bonchev–Trinajstić information content (AvgIpc) is 2.55. The van der Waals surface area contributed by atoms with Crippen molar-refractivity contribution in [1.82, 2.24) is 22.0 Å². The van der Waals surface area contributed by atoms with E-state index in [-0.39, 0.29) is 12.1 Å². The number of carbonyl (C=O) groups is 2. The Hall–Kier alpha value is -1.22. The monoisotopic (exact) mass is 346 g/mol. The van der Waals surface area contributed by atoms with Gasteiger partial charge < -0.3 is 9.68 Å². The Labute approximate surface area is 145 Å². The van der Waals surface area contributed by atoms with Crippen molar-refractivity contribution >= 4 is 11.9 Å². The van der Waals surface area contributed by atoms with E-state index in [1.807, 2.05) is 13.8 Å². The zero-order valence-corrected chi connectivity index (χ0v) is 15.4. The van der Waals surface area contributed by atoms with Crippen LogP contribution in [0.4, 0.5) is 0 Å². The average molecular weight is 346 g/mol. The van der Waals surface area contributed by atoms with Crippen LogP contribution >= 0.6 is 0 Å². The third-order valence-electron chi connectivity index (χ3n) is 3.55. The summed E-state index contributed by atoms with van der Waals surface area (Å²) in [5.41, 5.74) is 10.1. The number of nitrogens with one attached hydrogen (secondary N) is 4. The van der Waals surface area contributed by atoms with Gasteiger partial charge in [-0.25, -0.2) is 20.4 Å². The summed E-state index contributed by atoms with van der Waals surface area (Å²) in [6.07, 6.45) is 8.71. The van der Waals surface area contributed by atoms with Crippen LogP contribution in [0.2, 0.25) is 0 Å². The van der Waals surface area contributed by atoms with Gasteiger partial charge in [-0.1, -0.05) is 63.6 Å². The number of hydrogen-bond donors (Lipinski definition) is 4. The lowest BCUT2D eigenvalue weighted by Gasteiger charge is -2.15. The van der Waals surface area contributed by atoms with E-state index in [4.69, 9.17) is 0 Å². The van der Waals surface area contributed by atoms with Gasteiger partial charge in [0, 0.05) is 12.1 Å². The second-order valence-electron chi connectivity index (χ2n) is 6.07. The summed E-state index contributed by atoms with van der Waals surface area (Å²) in [5.74, 6) is -2.26. The maximum absolute atomic E-state index is 11.4. The summed E-state index contributed by atoms with van der Waals surface area (Å²) in [6, 6.07) is 0.258. The molecule has 4 N–H and O–H groups in total. The van der Waals surface area contributed by atoms with Gasteiger partial charge >= 0.3 is 11.9 Å². The number of carbonyl (C=O) groups excluding carboxylic acids is 2. The molecule has 0 aromatic carbocycles. The van der Waals surface area contributed by atoms with E-state index in [2.05, 4.69) is 45.6 Å². The van der Waals surface area contributed by atoms with Crippen molar-refractivity contribution in [3.8, 4) is 0 Å². The Morgan fingerprint density at radius 1 is 0.750 bits per heavy atom. The van der Waals surface area contributed by atoms with Crippen LogP contribution in [0.15, 0.2) is 0 Å². The van der Waals surface area contributed by atoms with Crippen LogP contribution in [-0.2, 0) is 19.3 Å². The minimum Gasteiger partial charge on any atom is -0.346 e. The summed E-state index contributed by atoms with van der Waals surface area (Å²) < 4.78 is 0. The molecular formula is C16H34N4O4. The Balaban J connectivity index is 3.67. The van der Waals surface area contributed by atoms with Gasteiger partial charge in [0.15, 0.2) is 0 Å². The lowest BCUT2D eigenvalue weighted by Crippen LogP contribution is -2.45. The molecule has 0 radical (unpaired) electrons. The molecule has 8 heteroatoms. The minimum absolute atomic E-state index is 0.129. The van der Waals surface area contributed by atoms with E-state index in [1.54, 1.807) is 0 Å². The van der Waals surface area contributed by atoms with Crippen molar-refractivity contribution in [3.63, 3.8) is 0 Å². The molecule has 0 aliphatic heterocycles. The minimum atomic E-state index is -1.13. The molecule has 2 unspecified atom stereocenters. The molecule has 24 heavy (non-hydrogen) atoms. The predicted molar refractivity (Wildman–Crippen MR) is 91.9 cm³/mol. The molecule has 0 bridgehead atoms. The van der Waals surface area contributed by atoms with E-state index >= 15 is 0 Å². The predicted octanol–water partition coefficient (Wildman–Crippen LogP) is 2.03. The molecule has 0 saturated carbocycles. The van der Waals surface area contributed by atoms with Crippen molar-refractivity contribution < 1.29 is 19.3 Å². The molecule has 0 saturated heterocycles. The van der Waals surface area contributed by atoms with Crippen molar-refractivity contribution in [3.05, 3.63) is 0 Å². The Kier molecular flexibility index (Phi) is 14.5. The first-order valence-corrected chi connectivity index (χ1v) is 8.94. The van der Waals surface area contributed by atoms with Gasteiger partial charge in [-0.05, 0) is 26.7 Å². The third kappa shape index (κ3) is 13.2. The van der Waals surface area contributed by atoms with E-state index < -0.39 is 11.9 Å². The van der Waals surface area contributed by atoms with Crippen molar-refractivity contribution in [2.75, 3.05) is 0 Å². The van der Waals surface area contributed by atoms with Gasteiger partial charge in [0.05, 0.1) is 0 Å². The molecule has 0 aliphatic carbocycles. The first-order valence-electron chi connectivity index (χ1n) is 8.94. The summed E-state index contributed by atoms with van der Waals surface area (Å²) in [6.45, 7) is 8.19. The Morgan fingerprint density at radius 3 is 1.46 bits per heavy atom. The van der Waals surface area contributed by atoms with Crippen LogP contribution in [0.3, 0.4) is 0 Å². The smallest absolute Gasteiger partial charge is 0.346 e. The second-order valence-corrected chi connectivity index (χ2v) is 6.07. The van der Waals surface area contributed by atoms with Crippen molar-refractivity contribution in [2.24, 2.45) is 0 Å². The van der Waals surface area contributed by atoms with Gasteiger partial charge in [-0.2, -0.15) is 0 Å². The summed E-state index contributed by atoms with van der Waals surface area (Å²) in [7, 11) is 0. The molecule has 0 spiro atoms. The van der Waals surface area contributed by atoms with Crippen LogP contribution in [-0.4, -0.2) is 24.0 Å². The molecule has 0 rings (SSSR count). The summed E-state index contributed by atoms with van der Waals surface area (Å²) >= 11 is 0. The zero-order valence-electron chi connectivity index (χ0n) is 15.4.